The van der Waals surface area contributed by atoms with E-state index in [0.717, 1.165) is 18.4 Å². The molecule has 0 aromatic heterocycles. The molecule has 0 aliphatic heterocycles. The minimum absolute atomic E-state index is 0.0136. The van der Waals surface area contributed by atoms with Crippen LogP contribution in [-0.2, 0) is 5.88 Å². The van der Waals surface area contributed by atoms with Gasteiger partial charge in [-0.3, -0.25) is 4.79 Å². The summed E-state index contributed by atoms with van der Waals surface area (Å²) in [6.45, 7) is 0.519. The van der Waals surface area contributed by atoms with E-state index in [9.17, 15) is 4.79 Å². The van der Waals surface area contributed by atoms with Gasteiger partial charge in [0.2, 0.25) is 0 Å². The second-order valence-electron chi connectivity index (χ2n) is 4.47. The first-order valence-electron chi connectivity index (χ1n) is 6.09. The smallest absolute Gasteiger partial charge is 0.254 e. The van der Waals surface area contributed by atoms with Crippen molar-refractivity contribution in [3.8, 4) is 6.07 Å². The molecule has 0 heterocycles. The second-order valence-corrected chi connectivity index (χ2v) is 4.74. The summed E-state index contributed by atoms with van der Waals surface area (Å²) in [5.41, 5.74) is 1.61. The van der Waals surface area contributed by atoms with E-state index in [1.54, 1.807) is 6.07 Å². The topological polar surface area (TPSA) is 44.1 Å². The third-order valence-corrected chi connectivity index (χ3v) is 3.35. The molecule has 0 N–H and O–H groups in total. The highest BCUT2D eigenvalue weighted by molar-refractivity contribution is 6.17. The molecule has 2 rings (SSSR count). The van der Waals surface area contributed by atoms with Crippen molar-refractivity contribution in [2.45, 2.75) is 31.2 Å². The van der Waals surface area contributed by atoms with Gasteiger partial charge in [-0.05, 0) is 30.5 Å². The highest BCUT2D eigenvalue weighted by Crippen LogP contribution is 2.28. The summed E-state index contributed by atoms with van der Waals surface area (Å²) >= 11 is 5.77. The lowest BCUT2D eigenvalue weighted by molar-refractivity contribution is 0.0746. The van der Waals surface area contributed by atoms with Crippen molar-refractivity contribution in [1.29, 1.82) is 5.26 Å². The van der Waals surface area contributed by atoms with Crippen molar-refractivity contribution in [2.75, 3.05) is 6.54 Å². The molecule has 1 aromatic rings. The highest BCUT2D eigenvalue weighted by atomic mass is 35.5. The van der Waals surface area contributed by atoms with Gasteiger partial charge in [-0.1, -0.05) is 12.1 Å². The Kier molecular flexibility index (Phi) is 4.22. The number of nitrogens with zero attached hydrogens (tertiary/aromatic N) is 2. The zero-order valence-corrected chi connectivity index (χ0v) is 10.9. The standard InChI is InChI=1S/C14H15ClN2O/c15-10-11-3-1-4-12(9-11)14(18)17(8-2-7-16)13-5-6-13/h1,3-4,9,13H,2,5-6,8,10H2. The predicted molar refractivity (Wildman–Crippen MR) is 70.3 cm³/mol. The summed E-state index contributed by atoms with van der Waals surface area (Å²) < 4.78 is 0. The SMILES string of the molecule is N#CCCN(C(=O)c1cccc(CCl)c1)C1CC1. The van der Waals surface area contributed by atoms with Crippen LogP contribution >= 0.6 is 11.6 Å². The molecule has 0 bridgehead atoms. The summed E-state index contributed by atoms with van der Waals surface area (Å²) in [4.78, 5) is 14.2. The van der Waals surface area contributed by atoms with E-state index in [0.29, 0.717) is 30.5 Å². The van der Waals surface area contributed by atoms with Gasteiger partial charge in [-0.15, -0.1) is 11.6 Å². The molecule has 0 spiro atoms. The molecule has 1 aromatic carbocycles. The fourth-order valence-electron chi connectivity index (χ4n) is 1.96. The van der Waals surface area contributed by atoms with Crippen LogP contribution in [0, 0.1) is 11.3 Å². The van der Waals surface area contributed by atoms with E-state index >= 15 is 0 Å². The first-order chi connectivity index (χ1) is 8.76. The van der Waals surface area contributed by atoms with Gasteiger partial charge in [0, 0.05) is 24.0 Å². The van der Waals surface area contributed by atoms with Crippen molar-refractivity contribution in [3.63, 3.8) is 0 Å². The Balaban J connectivity index is 2.14. The van der Waals surface area contributed by atoms with E-state index in [4.69, 9.17) is 16.9 Å². The third kappa shape index (κ3) is 3.02. The van der Waals surface area contributed by atoms with Crippen LogP contribution < -0.4 is 0 Å². The minimum atomic E-state index is 0.0136. The molecule has 0 radical (unpaired) electrons. The molecule has 1 fully saturated rings. The van der Waals surface area contributed by atoms with Crippen molar-refractivity contribution in [2.24, 2.45) is 0 Å². The lowest BCUT2D eigenvalue weighted by Gasteiger charge is -2.21. The lowest BCUT2D eigenvalue weighted by atomic mass is 10.1. The molecule has 18 heavy (non-hydrogen) atoms. The summed E-state index contributed by atoms with van der Waals surface area (Å²) in [6.07, 6.45) is 2.48. The number of alkyl halides is 1. The molecule has 4 heteroatoms. The summed E-state index contributed by atoms with van der Waals surface area (Å²) in [6, 6.07) is 9.81. The first kappa shape index (κ1) is 12.9. The van der Waals surface area contributed by atoms with Gasteiger partial charge >= 0.3 is 0 Å². The number of halogens is 1. The molecule has 1 saturated carbocycles. The largest absolute Gasteiger partial charge is 0.335 e. The number of carbonyl (C=O) groups is 1. The average Bonchev–Trinajstić information content (AvgIpc) is 3.23. The Labute approximate surface area is 112 Å². The molecule has 3 nitrogen and oxygen atoms in total. The molecular weight excluding hydrogens is 248 g/mol. The molecule has 1 aliphatic carbocycles. The maximum atomic E-state index is 12.4. The van der Waals surface area contributed by atoms with Crippen LogP contribution in [0.4, 0.5) is 0 Å². The maximum absolute atomic E-state index is 12.4. The van der Waals surface area contributed by atoms with Crippen LogP contribution in [0.3, 0.4) is 0 Å². The van der Waals surface area contributed by atoms with Gasteiger partial charge in [-0.2, -0.15) is 5.26 Å². The third-order valence-electron chi connectivity index (χ3n) is 3.04. The van der Waals surface area contributed by atoms with Crippen LogP contribution in [0.5, 0.6) is 0 Å². The quantitative estimate of drug-likeness (QED) is 0.766. The zero-order chi connectivity index (χ0) is 13.0. The van der Waals surface area contributed by atoms with Crippen LogP contribution in [-0.4, -0.2) is 23.4 Å². The Bertz CT molecular complexity index is 477. The van der Waals surface area contributed by atoms with E-state index in [1.807, 2.05) is 23.1 Å². The number of carbonyl (C=O) groups excluding carboxylic acids is 1. The monoisotopic (exact) mass is 262 g/mol. The number of hydrogen-bond acceptors (Lipinski definition) is 2. The summed E-state index contributed by atoms with van der Waals surface area (Å²) in [5.74, 6) is 0.419. The van der Waals surface area contributed by atoms with E-state index in [-0.39, 0.29) is 5.91 Å². The van der Waals surface area contributed by atoms with Gasteiger partial charge < -0.3 is 4.90 Å². The van der Waals surface area contributed by atoms with Crippen molar-refractivity contribution in [3.05, 3.63) is 35.4 Å². The normalized spacial score (nSPS) is 14.0. The Morgan fingerprint density at radius 2 is 2.28 bits per heavy atom. The number of nitriles is 1. The average molecular weight is 263 g/mol. The summed E-state index contributed by atoms with van der Waals surface area (Å²) in [7, 11) is 0. The minimum Gasteiger partial charge on any atom is -0.335 e. The van der Waals surface area contributed by atoms with Crippen molar-refractivity contribution < 1.29 is 4.79 Å². The molecular formula is C14H15ClN2O. The zero-order valence-electron chi connectivity index (χ0n) is 10.1. The van der Waals surface area contributed by atoms with Crippen molar-refractivity contribution >= 4 is 17.5 Å². The van der Waals surface area contributed by atoms with Gasteiger partial charge in [0.05, 0.1) is 12.5 Å². The number of amides is 1. The first-order valence-corrected chi connectivity index (χ1v) is 6.62. The van der Waals surface area contributed by atoms with Crippen molar-refractivity contribution in [1.82, 2.24) is 4.90 Å². The van der Waals surface area contributed by atoms with Crippen LogP contribution in [0.15, 0.2) is 24.3 Å². The Hall–Kier alpha value is -1.53. The lowest BCUT2D eigenvalue weighted by Crippen LogP contribution is -2.33. The fraction of sp³-hybridized carbons (Fsp3) is 0.429. The molecule has 94 valence electrons. The number of hydrogen-bond donors (Lipinski definition) is 0. The molecule has 0 saturated heterocycles. The molecule has 1 amide bonds. The van der Waals surface area contributed by atoms with Crippen LogP contribution in [0.25, 0.3) is 0 Å². The molecule has 0 atom stereocenters. The summed E-state index contributed by atoms with van der Waals surface area (Å²) in [5, 5.41) is 8.65. The predicted octanol–water partition coefficient (Wildman–Crippen LogP) is 2.94. The molecule has 0 unspecified atom stereocenters. The van der Waals surface area contributed by atoms with Gasteiger partial charge in [0.15, 0.2) is 0 Å². The Morgan fingerprint density at radius 1 is 1.50 bits per heavy atom. The Morgan fingerprint density at radius 3 is 2.89 bits per heavy atom. The van der Waals surface area contributed by atoms with E-state index in [1.165, 1.54) is 0 Å². The highest BCUT2D eigenvalue weighted by Gasteiger charge is 2.32. The maximum Gasteiger partial charge on any atom is 0.254 e. The van der Waals surface area contributed by atoms with Gasteiger partial charge in [-0.25, -0.2) is 0 Å². The van der Waals surface area contributed by atoms with Gasteiger partial charge in [0.25, 0.3) is 5.91 Å². The van der Waals surface area contributed by atoms with E-state index < -0.39 is 0 Å². The number of rotatable bonds is 5. The van der Waals surface area contributed by atoms with Gasteiger partial charge in [0.1, 0.15) is 0 Å². The van der Waals surface area contributed by atoms with E-state index in [2.05, 4.69) is 6.07 Å². The second kappa shape index (κ2) is 5.88. The molecule has 1 aliphatic rings. The van der Waals surface area contributed by atoms with Crippen LogP contribution in [0.1, 0.15) is 35.2 Å². The number of benzene rings is 1. The van der Waals surface area contributed by atoms with Crippen LogP contribution in [0.2, 0.25) is 0 Å². The fourth-order valence-corrected chi connectivity index (χ4v) is 2.13.